The Balaban J connectivity index is 2.03. The van der Waals surface area contributed by atoms with Crippen LogP contribution < -0.4 is 5.56 Å². The van der Waals surface area contributed by atoms with Gasteiger partial charge in [-0.05, 0) is 44.0 Å². The van der Waals surface area contributed by atoms with Crippen LogP contribution in [0.3, 0.4) is 0 Å². The maximum atomic E-state index is 13.3. The van der Waals surface area contributed by atoms with E-state index in [9.17, 15) is 9.59 Å². The second kappa shape index (κ2) is 9.27. The van der Waals surface area contributed by atoms with Gasteiger partial charge in [0.15, 0.2) is 5.16 Å². The monoisotopic (exact) mass is 409 g/mol. The minimum absolute atomic E-state index is 0.0398. The highest BCUT2D eigenvalue weighted by atomic mass is 32.2. The Bertz CT molecular complexity index is 1090. The average molecular weight is 410 g/mol. The fraction of sp³-hybridized carbons (Fsp3) is 0.348. The highest BCUT2D eigenvalue weighted by Gasteiger charge is 2.17. The molecule has 0 N–H and O–H groups in total. The quantitative estimate of drug-likeness (QED) is 0.430. The van der Waals surface area contributed by atoms with Crippen molar-refractivity contribution < 1.29 is 4.79 Å². The van der Waals surface area contributed by atoms with Gasteiger partial charge in [0.05, 0.1) is 22.3 Å². The Morgan fingerprint density at radius 1 is 1.17 bits per heavy atom. The number of thioether (sulfide) groups is 1. The molecule has 0 aliphatic carbocycles. The molecule has 0 aliphatic rings. The van der Waals surface area contributed by atoms with Crippen LogP contribution in [-0.2, 0) is 4.79 Å². The van der Waals surface area contributed by atoms with E-state index in [1.165, 1.54) is 11.8 Å². The molecular formula is C23H27N3O2S. The summed E-state index contributed by atoms with van der Waals surface area (Å²) in [6, 6.07) is 13.3. The molecule has 152 valence electrons. The number of aryl methyl sites for hydroxylation is 2. The van der Waals surface area contributed by atoms with Crippen LogP contribution in [0.25, 0.3) is 16.6 Å². The second-order valence-electron chi connectivity index (χ2n) is 7.30. The summed E-state index contributed by atoms with van der Waals surface area (Å²) in [4.78, 5) is 32.3. The first-order valence-corrected chi connectivity index (χ1v) is 10.9. The van der Waals surface area contributed by atoms with Crippen molar-refractivity contribution in [3.05, 3.63) is 63.9 Å². The Labute approximate surface area is 175 Å². The largest absolute Gasteiger partial charge is 0.345 e. The van der Waals surface area contributed by atoms with Gasteiger partial charge < -0.3 is 4.90 Å². The van der Waals surface area contributed by atoms with E-state index in [2.05, 4.69) is 13.0 Å². The number of amides is 1. The van der Waals surface area contributed by atoms with Crippen LogP contribution in [0.5, 0.6) is 0 Å². The molecule has 6 heteroatoms. The van der Waals surface area contributed by atoms with E-state index in [0.29, 0.717) is 16.1 Å². The Kier molecular flexibility index (Phi) is 6.75. The highest BCUT2D eigenvalue weighted by Crippen LogP contribution is 2.24. The molecule has 0 spiro atoms. The summed E-state index contributed by atoms with van der Waals surface area (Å²) in [6.07, 6.45) is 2.03. The zero-order valence-electron chi connectivity index (χ0n) is 17.4. The molecule has 5 nitrogen and oxygen atoms in total. The lowest BCUT2D eigenvalue weighted by Crippen LogP contribution is -2.30. The topological polar surface area (TPSA) is 55.2 Å². The Hall–Kier alpha value is -2.60. The molecular weight excluding hydrogens is 382 g/mol. The number of carbonyl (C=O) groups is 1. The second-order valence-corrected chi connectivity index (χ2v) is 8.24. The fourth-order valence-corrected chi connectivity index (χ4v) is 4.18. The minimum atomic E-state index is -0.114. The van der Waals surface area contributed by atoms with Crippen molar-refractivity contribution >= 4 is 28.6 Å². The lowest BCUT2D eigenvalue weighted by molar-refractivity contribution is -0.127. The standard InChI is InChI=1S/C23H27N3O2S/c1-5-6-13-25(4)21(27)15-29-23-24-19-10-8-7-9-18(19)22(28)26(23)20-12-11-16(2)14-17(20)3/h7-12,14H,5-6,13,15H2,1-4H3. The summed E-state index contributed by atoms with van der Waals surface area (Å²) in [5, 5.41) is 1.11. The highest BCUT2D eigenvalue weighted by molar-refractivity contribution is 7.99. The van der Waals surface area contributed by atoms with Crippen molar-refractivity contribution in [1.29, 1.82) is 0 Å². The minimum Gasteiger partial charge on any atom is -0.345 e. The zero-order valence-corrected chi connectivity index (χ0v) is 18.3. The Morgan fingerprint density at radius 3 is 2.66 bits per heavy atom. The number of hydrogen-bond acceptors (Lipinski definition) is 4. The van der Waals surface area contributed by atoms with Gasteiger partial charge >= 0.3 is 0 Å². The maximum Gasteiger partial charge on any atom is 0.266 e. The summed E-state index contributed by atoms with van der Waals surface area (Å²) in [5.41, 5.74) is 3.46. The maximum absolute atomic E-state index is 13.3. The van der Waals surface area contributed by atoms with Gasteiger partial charge in [-0.25, -0.2) is 4.98 Å². The van der Waals surface area contributed by atoms with Crippen LogP contribution in [0, 0.1) is 13.8 Å². The first-order chi connectivity index (χ1) is 13.9. The molecule has 0 atom stereocenters. The lowest BCUT2D eigenvalue weighted by atomic mass is 10.1. The Morgan fingerprint density at radius 2 is 1.93 bits per heavy atom. The summed E-state index contributed by atoms with van der Waals surface area (Å²) in [6.45, 7) is 6.86. The van der Waals surface area contributed by atoms with Crippen LogP contribution in [0.15, 0.2) is 52.4 Å². The third kappa shape index (κ3) is 4.70. The van der Waals surface area contributed by atoms with E-state index < -0.39 is 0 Å². The lowest BCUT2D eigenvalue weighted by Gasteiger charge is -2.18. The molecule has 0 saturated heterocycles. The van der Waals surface area contributed by atoms with Gasteiger partial charge in [-0.15, -0.1) is 0 Å². The number of benzene rings is 2. The van der Waals surface area contributed by atoms with Crippen molar-refractivity contribution in [2.75, 3.05) is 19.3 Å². The van der Waals surface area contributed by atoms with Gasteiger partial charge in [0.2, 0.25) is 5.91 Å². The van der Waals surface area contributed by atoms with E-state index >= 15 is 0 Å². The number of para-hydroxylation sites is 1. The third-order valence-corrected chi connectivity index (χ3v) is 5.86. The normalized spacial score (nSPS) is 11.0. The number of rotatable bonds is 7. The van der Waals surface area contributed by atoms with Gasteiger partial charge in [-0.1, -0.05) is 54.9 Å². The van der Waals surface area contributed by atoms with Crippen LogP contribution in [0.1, 0.15) is 30.9 Å². The number of hydrogen-bond donors (Lipinski definition) is 0. The van der Waals surface area contributed by atoms with Crippen LogP contribution in [0.2, 0.25) is 0 Å². The van der Waals surface area contributed by atoms with Crippen molar-refractivity contribution in [3.8, 4) is 5.69 Å². The smallest absolute Gasteiger partial charge is 0.266 e. The molecule has 3 rings (SSSR count). The molecule has 0 bridgehead atoms. The van der Waals surface area contributed by atoms with Crippen molar-refractivity contribution in [3.63, 3.8) is 0 Å². The van der Waals surface area contributed by atoms with Gasteiger partial charge in [0, 0.05) is 13.6 Å². The van der Waals surface area contributed by atoms with Gasteiger partial charge in [0.1, 0.15) is 0 Å². The van der Waals surface area contributed by atoms with Gasteiger partial charge in [-0.2, -0.15) is 0 Å². The number of carbonyl (C=O) groups excluding carboxylic acids is 1. The van der Waals surface area contributed by atoms with Crippen molar-refractivity contribution in [2.45, 2.75) is 38.8 Å². The van der Waals surface area contributed by atoms with Gasteiger partial charge in [-0.3, -0.25) is 14.2 Å². The zero-order chi connectivity index (χ0) is 21.0. The molecule has 29 heavy (non-hydrogen) atoms. The number of aromatic nitrogens is 2. The first kappa shape index (κ1) is 21.1. The van der Waals surface area contributed by atoms with Crippen LogP contribution in [-0.4, -0.2) is 39.7 Å². The SMILES string of the molecule is CCCCN(C)C(=O)CSc1nc2ccccc2c(=O)n1-c1ccc(C)cc1C. The van der Waals surface area contributed by atoms with Crippen molar-refractivity contribution in [1.82, 2.24) is 14.5 Å². The fourth-order valence-electron chi connectivity index (χ4n) is 3.23. The predicted molar refractivity (Wildman–Crippen MR) is 120 cm³/mol. The number of fused-ring (bicyclic) bond motifs is 1. The molecule has 2 aromatic carbocycles. The molecule has 3 aromatic rings. The molecule has 0 unspecified atom stereocenters. The molecule has 0 radical (unpaired) electrons. The van der Waals surface area contributed by atoms with Crippen molar-refractivity contribution in [2.24, 2.45) is 0 Å². The van der Waals surface area contributed by atoms with Crippen LogP contribution >= 0.6 is 11.8 Å². The summed E-state index contributed by atoms with van der Waals surface area (Å²) < 4.78 is 1.64. The summed E-state index contributed by atoms with van der Waals surface area (Å²) in [7, 11) is 1.82. The third-order valence-electron chi connectivity index (χ3n) is 4.94. The average Bonchev–Trinajstić information content (AvgIpc) is 2.71. The molecule has 1 aromatic heterocycles. The van der Waals surface area contributed by atoms with Crippen LogP contribution in [0.4, 0.5) is 0 Å². The summed E-state index contributed by atoms with van der Waals surface area (Å²) in [5.74, 6) is 0.286. The molecule has 0 aliphatic heterocycles. The molecule has 1 heterocycles. The summed E-state index contributed by atoms with van der Waals surface area (Å²) >= 11 is 1.31. The predicted octanol–water partition coefficient (Wildman–Crippen LogP) is 4.35. The number of nitrogens with zero attached hydrogens (tertiary/aromatic N) is 3. The van der Waals surface area contributed by atoms with E-state index in [0.717, 1.165) is 36.2 Å². The molecule has 0 saturated carbocycles. The molecule has 0 fully saturated rings. The van der Waals surface area contributed by atoms with E-state index in [1.54, 1.807) is 15.5 Å². The molecule has 1 amide bonds. The number of unbranched alkanes of at least 4 members (excludes halogenated alkanes) is 1. The first-order valence-electron chi connectivity index (χ1n) is 9.88. The van der Waals surface area contributed by atoms with E-state index in [4.69, 9.17) is 4.98 Å². The van der Waals surface area contributed by atoms with Gasteiger partial charge in [0.25, 0.3) is 5.56 Å². The van der Waals surface area contributed by atoms with E-state index in [-0.39, 0.29) is 17.2 Å². The van der Waals surface area contributed by atoms with E-state index in [1.807, 2.05) is 51.2 Å².